The molecule has 8 nitrogen and oxygen atoms in total. The number of aliphatic hydroxyl groups is 1. The van der Waals surface area contributed by atoms with E-state index in [-0.39, 0.29) is 12.1 Å². The minimum absolute atomic E-state index is 0.0365. The molecule has 0 radical (unpaired) electrons. The first-order valence-electron chi connectivity index (χ1n) is 11.5. The van der Waals surface area contributed by atoms with Crippen molar-refractivity contribution in [3.05, 3.63) is 47.8 Å². The van der Waals surface area contributed by atoms with Crippen LogP contribution in [0.15, 0.2) is 41.3 Å². The number of anilines is 2. The summed E-state index contributed by atoms with van der Waals surface area (Å²) < 4.78 is 117. The number of hydrogen-bond acceptors (Lipinski definition) is 6. The Hall–Kier alpha value is -3.04. The summed E-state index contributed by atoms with van der Waals surface area (Å²) >= 11 is 0. The van der Waals surface area contributed by atoms with Gasteiger partial charge >= 0.3 is 12.1 Å². The molecule has 0 amide bonds. The number of hydrogen-bond donors (Lipinski definition) is 2. The third-order valence-corrected chi connectivity index (χ3v) is 8.17. The number of halogens is 6. The molecule has 1 aliphatic heterocycles. The number of nitrogens with zero attached hydrogens (tertiary/aromatic N) is 2. The van der Waals surface area contributed by atoms with E-state index in [1.165, 1.54) is 12.1 Å². The van der Waals surface area contributed by atoms with Gasteiger partial charge in [-0.2, -0.15) is 17.5 Å². The van der Waals surface area contributed by atoms with Crippen LogP contribution in [-0.2, 0) is 21.0 Å². The van der Waals surface area contributed by atoms with Gasteiger partial charge in [-0.05, 0) is 44.5 Å². The highest BCUT2D eigenvalue weighted by atomic mass is 32.2. The molecule has 39 heavy (non-hydrogen) atoms. The first-order chi connectivity index (χ1) is 17.7. The summed E-state index contributed by atoms with van der Waals surface area (Å²) in [6, 6.07) is 4.40. The van der Waals surface area contributed by atoms with Crippen molar-refractivity contribution in [3.8, 4) is 5.75 Å². The first-order valence-corrected chi connectivity index (χ1v) is 12.9. The van der Waals surface area contributed by atoms with Gasteiger partial charge < -0.3 is 19.8 Å². The molecule has 0 saturated carbocycles. The van der Waals surface area contributed by atoms with Crippen molar-refractivity contribution in [2.75, 3.05) is 25.1 Å². The predicted octanol–water partition coefficient (Wildman–Crippen LogP) is 4.64. The molecule has 0 fully saturated rings. The van der Waals surface area contributed by atoms with E-state index in [9.17, 15) is 44.7 Å². The second-order valence-corrected chi connectivity index (χ2v) is 11.5. The summed E-state index contributed by atoms with van der Waals surface area (Å²) in [6.45, 7) is -0.145. The van der Waals surface area contributed by atoms with Crippen LogP contribution in [-0.4, -0.2) is 66.7 Å². The lowest BCUT2D eigenvalue weighted by atomic mass is 10.1. The third-order valence-electron chi connectivity index (χ3n) is 6.23. The van der Waals surface area contributed by atoms with Crippen molar-refractivity contribution in [1.29, 1.82) is 0 Å². The molecule has 2 N–H and O–H groups in total. The van der Waals surface area contributed by atoms with Crippen molar-refractivity contribution in [2.45, 2.75) is 55.3 Å². The number of aliphatic carboxylic acids is 1. The smallest absolute Gasteiger partial charge is 0.420 e. The van der Waals surface area contributed by atoms with Crippen LogP contribution >= 0.6 is 0 Å². The van der Waals surface area contributed by atoms with Gasteiger partial charge in [-0.15, -0.1) is 0 Å². The second kappa shape index (κ2) is 10.5. The highest BCUT2D eigenvalue weighted by Crippen LogP contribution is 2.46. The molecular formula is C24H26F6N2O6S. The standard InChI is InChI=1S/C24H26F6N2O6S/c1-22(35,21(33)34)13-38-19-11-20-18(10-17(19)24(28,29)30)32(15-6-4-5-14(25)9-15)12-16(7-8-23(2,26)27)31(3)39(20,36)37/h4-6,9-11,16,35H,7-8,12-13H2,1-3H3,(H,33,34)/t16-,22+/m1/s1. The number of ether oxygens (including phenoxy) is 1. The fraction of sp³-hybridized carbons (Fsp3) is 0.458. The molecule has 0 bridgehead atoms. The summed E-state index contributed by atoms with van der Waals surface area (Å²) in [5.74, 6) is -6.83. The zero-order chi connectivity index (χ0) is 29.6. The topological polar surface area (TPSA) is 107 Å². The highest BCUT2D eigenvalue weighted by molar-refractivity contribution is 7.89. The van der Waals surface area contributed by atoms with Gasteiger partial charge in [0.2, 0.25) is 15.9 Å². The molecule has 0 aromatic heterocycles. The molecule has 2 aromatic rings. The van der Waals surface area contributed by atoms with Crippen molar-refractivity contribution in [1.82, 2.24) is 4.31 Å². The van der Waals surface area contributed by atoms with Crippen LogP contribution in [0.5, 0.6) is 5.75 Å². The number of carboxylic acid groups (broad SMARTS) is 1. The van der Waals surface area contributed by atoms with Crippen LogP contribution in [0.2, 0.25) is 0 Å². The number of likely N-dealkylation sites (N-methyl/N-ethyl adjacent to an activating group) is 1. The average Bonchev–Trinajstić information content (AvgIpc) is 2.88. The predicted molar refractivity (Wildman–Crippen MR) is 127 cm³/mol. The molecule has 2 atom stereocenters. The van der Waals surface area contributed by atoms with E-state index in [1.807, 2.05) is 0 Å². The number of carbonyl (C=O) groups is 1. The van der Waals surface area contributed by atoms with Gasteiger partial charge in [0.15, 0.2) is 5.60 Å². The third kappa shape index (κ3) is 6.76. The monoisotopic (exact) mass is 584 g/mol. The molecule has 2 aromatic carbocycles. The molecule has 1 aliphatic rings. The first kappa shape index (κ1) is 30.5. The maximum atomic E-state index is 14.1. The van der Waals surface area contributed by atoms with Crippen molar-refractivity contribution >= 4 is 27.4 Å². The Balaban J connectivity index is 2.27. The minimum Gasteiger partial charge on any atom is -0.489 e. The summed E-state index contributed by atoms with van der Waals surface area (Å²) in [5.41, 5.74) is -4.68. The van der Waals surface area contributed by atoms with Crippen LogP contribution in [0.25, 0.3) is 0 Å². The highest BCUT2D eigenvalue weighted by Gasteiger charge is 2.43. The van der Waals surface area contributed by atoms with Gasteiger partial charge in [-0.25, -0.2) is 26.4 Å². The van der Waals surface area contributed by atoms with Crippen molar-refractivity contribution in [3.63, 3.8) is 0 Å². The van der Waals surface area contributed by atoms with Crippen LogP contribution < -0.4 is 9.64 Å². The van der Waals surface area contributed by atoms with Crippen LogP contribution in [0.3, 0.4) is 0 Å². The number of rotatable bonds is 8. The number of alkyl halides is 5. The van der Waals surface area contributed by atoms with Crippen LogP contribution in [0.1, 0.15) is 32.3 Å². The summed E-state index contributed by atoms with van der Waals surface area (Å²) in [5, 5.41) is 19.0. The second-order valence-electron chi connectivity index (χ2n) is 9.56. The zero-order valence-corrected chi connectivity index (χ0v) is 21.8. The Morgan fingerprint density at radius 2 is 1.77 bits per heavy atom. The number of carboxylic acids is 1. The normalized spacial score (nSPS) is 19.6. The van der Waals surface area contributed by atoms with Crippen LogP contribution in [0.4, 0.5) is 37.7 Å². The maximum Gasteiger partial charge on any atom is 0.420 e. The lowest BCUT2D eigenvalue weighted by Gasteiger charge is -2.30. The van der Waals surface area contributed by atoms with Gasteiger partial charge in [-0.1, -0.05) is 6.07 Å². The van der Waals surface area contributed by atoms with E-state index in [2.05, 4.69) is 0 Å². The van der Waals surface area contributed by atoms with E-state index in [0.717, 1.165) is 35.3 Å². The van der Waals surface area contributed by atoms with E-state index < -0.39 is 87.0 Å². The number of sulfonamides is 1. The molecule has 0 spiro atoms. The van der Waals surface area contributed by atoms with Gasteiger partial charge in [-0.3, -0.25) is 0 Å². The summed E-state index contributed by atoms with van der Waals surface area (Å²) in [6.07, 6.45) is -6.26. The number of fused-ring (bicyclic) bond motifs is 1. The molecule has 1 heterocycles. The fourth-order valence-corrected chi connectivity index (χ4v) is 5.51. The maximum absolute atomic E-state index is 14.1. The van der Waals surface area contributed by atoms with E-state index >= 15 is 0 Å². The van der Waals surface area contributed by atoms with Crippen molar-refractivity contribution < 1.29 is 54.5 Å². The Morgan fingerprint density at radius 3 is 2.31 bits per heavy atom. The molecule has 0 unspecified atom stereocenters. The summed E-state index contributed by atoms with van der Waals surface area (Å²) in [4.78, 5) is 11.6. The lowest BCUT2D eigenvalue weighted by Crippen LogP contribution is -2.41. The van der Waals surface area contributed by atoms with Gasteiger partial charge in [0, 0.05) is 37.8 Å². The van der Waals surface area contributed by atoms with Crippen LogP contribution in [0, 0.1) is 5.82 Å². The molecule has 3 rings (SSSR count). The molecule has 15 heteroatoms. The van der Waals surface area contributed by atoms with E-state index in [1.54, 1.807) is 0 Å². The Labute approximate surface area is 220 Å². The van der Waals surface area contributed by atoms with Gasteiger partial charge in [0.05, 0.1) is 11.3 Å². The molecule has 216 valence electrons. The summed E-state index contributed by atoms with van der Waals surface area (Å²) in [7, 11) is -3.57. The van der Waals surface area contributed by atoms with E-state index in [4.69, 9.17) is 9.84 Å². The van der Waals surface area contributed by atoms with Gasteiger partial charge in [0.25, 0.3) is 0 Å². The fourth-order valence-electron chi connectivity index (χ4n) is 3.95. The van der Waals surface area contributed by atoms with E-state index in [0.29, 0.717) is 19.1 Å². The average molecular weight is 585 g/mol. The number of benzene rings is 2. The zero-order valence-electron chi connectivity index (χ0n) is 21.0. The molecule has 0 aliphatic carbocycles. The largest absolute Gasteiger partial charge is 0.489 e. The Bertz CT molecular complexity index is 1340. The van der Waals surface area contributed by atoms with Gasteiger partial charge in [0.1, 0.15) is 23.1 Å². The Kier molecular flexibility index (Phi) is 8.21. The quantitative estimate of drug-likeness (QED) is 0.436. The SMILES string of the molecule is CN1[C@H](CCC(C)(F)F)CN(c2cccc(F)c2)c2cc(C(F)(F)F)c(OC[C@](C)(O)C(=O)O)cc2S1(=O)=O. The molecule has 0 saturated heterocycles. The Morgan fingerprint density at radius 1 is 1.13 bits per heavy atom. The minimum atomic E-state index is -5.14. The van der Waals surface area contributed by atoms with Crippen molar-refractivity contribution in [2.24, 2.45) is 0 Å². The molecular weight excluding hydrogens is 558 g/mol. The lowest BCUT2D eigenvalue weighted by molar-refractivity contribution is -0.159.